The summed E-state index contributed by atoms with van der Waals surface area (Å²) in [5, 5.41) is 8.47. The van der Waals surface area contributed by atoms with Gasteiger partial charge in [-0.3, -0.25) is 4.79 Å². The molecule has 30 heavy (non-hydrogen) atoms. The van der Waals surface area contributed by atoms with Crippen molar-refractivity contribution in [3.05, 3.63) is 101 Å². The Balaban J connectivity index is 1.77. The van der Waals surface area contributed by atoms with E-state index in [1.807, 2.05) is 60.7 Å². The number of amides is 1. The van der Waals surface area contributed by atoms with Crippen LogP contribution in [0.25, 0.3) is 16.9 Å². The summed E-state index contributed by atoms with van der Waals surface area (Å²) in [6.07, 6.45) is 0.220. The third-order valence-corrected chi connectivity index (χ3v) is 5.54. The Morgan fingerprint density at radius 1 is 1.00 bits per heavy atom. The molecule has 1 aliphatic heterocycles. The van der Waals surface area contributed by atoms with Gasteiger partial charge in [-0.1, -0.05) is 54.1 Å². The molecule has 0 spiro atoms. The summed E-state index contributed by atoms with van der Waals surface area (Å²) in [7, 11) is 0. The van der Waals surface area contributed by atoms with E-state index in [-0.39, 0.29) is 24.1 Å². The molecule has 2 heterocycles. The predicted octanol–water partition coefficient (Wildman–Crippen LogP) is 5.81. The zero-order valence-electron chi connectivity index (χ0n) is 15.8. The number of anilines is 1. The summed E-state index contributed by atoms with van der Waals surface area (Å²) in [5.74, 6) is -0.163. The SMILES string of the molecule is O=C1CC(c2cccc(F)c2)c2c(-c3ccc(Cl)cc3)nn(-c3ccccc3)c2N1. The number of carbonyl (C=O) groups is 1. The Hall–Kier alpha value is -3.44. The lowest BCUT2D eigenvalue weighted by atomic mass is 9.84. The van der Waals surface area contributed by atoms with Crippen molar-refractivity contribution in [2.45, 2.75) is 12.3 Å². The maximum atomic E-state index is 14.0. The van der Waals surface area contributed by atoms with Gasteiger partial charge in [0.25, 0.3) is 0 Å². The first-order valence-corrected chi connectivity index (χ1v) is 9.97. The van der Waals surface area contributed by atoms with Gasteiger partial charge in [0.15, 0.2) is 0 Å². The van der Waals surface area contributed by atoms with E-state index in [0.717, 1.165) is 28.1 Å². The topological polar surface area (TPSA) is 46.9 Å². The lowest BCUT2D eigenvalue weighted by molar-refractivity contribution is -0.116. The molecule has 3 aromatic carbocycles. The fourth-order valence-corrected chi connectivity index (χ4v) is 4.06. The number of nitrogens with zero attached hydrogens (tertiary/aromatic N) is 2. The van der Waals surface area contributed by atoms with Crippen molar-refractivity contribution in [1.82, 2.24) is 9.78 Å². The van der Waals surface area contributed by atoms with Crippen molar-refractivity contribution >= 4 is 23.3 Å². The van der Waals surface area contributed by atoms with Gasteiger partial charge in [-0.05, 0) is 42.0 Å². The van der Waals surface area contributed by atoms with Crippen LogP contribution < -0.4 is 5.32 Å². The van der Waals surface area contributed by atoms with Gasteiger partial charge in [-0.15, -0.1) is 0 Å². The highest BCUT2D eigenvalue weighted by molar-refractivity contribution is 6.30. The van der Waals surface area contributed by atoms with E-state index in [2.05, 4.69) is 5.32 Å². The van der Waals surface area contributed by atoms with E-state index in [1.54, 1.807) is 10.7 Å². The Morgan fingerprint density at radius 2 is 1.77 bits per heavy atom. The molecule has 1 amide bonds. The van der Waals surface area contributed by atoms with Crippen molar-refractivity contribution in [3.63, 3.8) is 0 Å². The molecule has 6 heteroatoms. The molecule has 1 aliphatic rings. The molecule has 1 N–H and O–H groups in total. The number of aromatic nitrogens is 2. The highest BCUT2D eigenvalue weighted by Gasteiger charge is 2.34. The Labute approximate surface area is 177 Å². The van der Waals surface area contributed by atoms with E-state index in [4.69, 9.17) is 16.7 Å². The minimum absolute atomic E-state index is 0.128. The Bertz CT molecular complexity index is 1240. The van der Waals surface area contributed by atoms with Crippen molar-refractivity contribution in [1.29, 1.82) is 0 Å². The molecule has 4 aromatic rings. The van der Waals surface area contributed by atoms with Crippen molar-refractivity contribution in [2.75, 3.05) is 5.32 Å². The number of nitrogens with one attached hydrogen (secondary N) is 1. The number of benzene rings is 3. The van der Waals surface area contributed by atoms with Crippen molar-refractivity contribution in [3.8, 4) is 16.9 Å². The van der Waals surface area contributed by atoms with Gasteiger partial charge in [0.2, 0.25) is 5.91 Å². The van der Waals surface area contributed by atoms with Crippen LogP contribution in [-0.2, 0) is 4.79 Å². The van der Waals surface area contributed by atoms with Crippen LogP contribution in [0.3, 0.4) is 0 Å². The van der Waals surface area contributed by atoms with Gasteiger partial charge in [0.05, 0.1) is 11.4 Å². The fourth-order valence-electron chi connectivity index (χ4n) is 3.94. The molecule has 148 valence electrons. The molecular weight excluding hydrogens is 401 g/mol. The number of hydrogen-bond donors (Lipinski definition) is 1. The first-order valence-electron chi connectivity index (χ1n) is 9.60. The molecular formula is C24H17ClFN3O. The number of hydrogen-bond acceptors (Lipinski definition) is 2. The quantitative estimate of drug-likeness (QED) is 0.457. The van der Waals surface area contributed by atoms with Crippen molar-refractivity contribution < 1.29 is 9.18 Å². The molecule has 0 saturated heterocycles. The number of fused-ring (bicyclic) bond motifs is 1. The van der Waals surface area contributed by atoms with Crippen LogP contribution in [0.4, 0.5) is 10.2 Å². The van der Waals surface area contributed by atoms with Crippen LogP contribution in [0.1, 0.15) is 23.5 Å². The third kappa shape index (κ3) is 3.27. The number of para-hydroxylation sites is 1. The fraction of sp³-hybridized carbons (Fsp3) is 0.0833. The van der Waals surface area contributed by atoms with Crippen LogP contribution in [0.15, 0.2) is 78.9 Å². The van der Waals surface area contributed by atoms with E-state index in [1.165, 1.54) is 12.1 Å². The molecule has 1 aromatic heterocycles. The van der Waals surface area contributed by atoms with E-state index in [0.29, 0.717) is 10.8 Å². The Morgan fingerprint density at radius 3 is 2.50 bits per heavy atom. The maximum Gasteiger partial charge on any atom is 0.226 e. The summed E-state index contributed by atoms with van der Waals surface area (Å²) < 4.78 is 15.7. The molecule has 1 unspecified atom stereocenters. The summed E-state index contributed by atoms with van der Waals surface area (Å²) >= 11 is 6.08. The normalized spacial score (nSPS) is 15.5. The van der Waals surface area contributed by atoms with E-state index >= 15 is 0 Å². The highest BCUT2D eigenvalue weighted by Crippen LogP contribution is 2.44. The molecule has 0 saturated carbocycles. The summed E-state index contributed by atoms with van der Waals surface area (Å²) in [6.45, 7) is 0. The standard InChI is InChI=1S/C24H17ClFN3O/c25-17-11-9-15(10-12-17)23-22-20(16-5-4-6-18(26)13-16)14-21(30)27-24(22)29(28-23)19-7-2-1-3-8-19/h1-13,20H,14H2,(H,27,30). The molecule has 0 aliphatic carbocycles. The largest absolute Gasteiger partial charge is 0.310 e. The van der Waals surface area contributed by atoms with Gasteiger partial charge in [0, 0.05) is 28.5 Å². The predicted molar refractivity (Wildman–Crippen MR) is 115 cm³/mol. The zero-order valence-corrected chi connectivity index (χ0v) is 16.6. The smallest absolute Gasteiger partial charge is 0.226 e. The minimum atomic E-state index is -0.330. The lowest BCUT2D eigenvalue weighted by Crippen LogP contribution is -2.25. The first-order chi connectivity index (χ1) is 14.6. The minimum Gasteiger partial charge on any atom is -0.310 e. The van der Waals surface area contributed by atoms with Gasteiger partial charge < -0.3 is 5.32 Å². The van der Waals surface area contributed by atoms with Crippen LogP contribution >= 0.6 is 11.6 Å². The number of carbonyl (C=O) groups excluding carboxylic acids is 1. The first kappa shape index (κ1) is 18.6. The summed E-state index contributed by atoms with van der Waals surface area (Å²) in [6, 6.07) is 23.4. The highest BCUT2D eigenvalue weighted by atomic mass is 35.5. The van der Waals surface area contributed by atoms with E-state index in [9.17, 15) is 9.18 Å². The van der Waals surface area contributed by atoms with Crippen LogP contribution in [0.2, 0.25) is 5.02 Å². The third-order valence-electron chi connectivity index (χ3n) is 5.29. The second-order valence-corrected chi connectivity index (χ2v) is 7.66. The molecule has 5 rings (SSSR count). The van der Waals surface area contributed by atoms with Crippen LogP contribution in [-0.4, -0.2) is 15.7 Å². The number of halogens is 2. The van der Waals surface area contributed by atoms with Crippen LogP contribution in [0, 0.1) is 5.82 Å². The average Bonchev–Trinajstić information content (AvgIpc) is 3.13. The number of rotatable bonds is 3. The second-order valence-electron chi connectivity index (χ2n) is 7.23. The second kappa shape index (κ2) is 7.43. The monoisotopic (exact) mass is 417 g/mol. The van der Waals surface area contributed by atoms with Gasteiger partial charge in [-0.25, -0.2) is 9.07 Å². The van der Waals surface area contributed by atoms with Gasteiger partial charge in [0.1, 0.15) is 11.6 Å². The molecule has 0 fully saturated rings. The van der Waals surface area contributed by atoms with Crippen LogP contribution in [0.5, 0.6) is 0 Å². The summed E-state index contributed by atoms with van der Waals surface area (Å²) in [4.78, 5) is 12.6. The van der Waals surface area contributed by atoms with E-state index < -0.39 is 0 Å². The molecule has 1 atom stereocenters. The Kier molecular flexibility index (Phi) is 4.60. The summed E-state index contributed by atoms with van der Waals surface area (Å²) in [5.41, 5.74) is 4.05. The van der Waals surface area contributed by atoms with Crippen molar-refractivity contribution in [2.24, 2.45) is 0 Å². The van der Waals surface area contributed by atoms with Gasteiger partial charge in [-0.2, -0.15) is 5.10 Å². The average molecular weight is 418 g/mol. The molecule has 0 bridgehead atoms. The molecule has 4 nitrogen and oxygen atoms in total. The molecule has 0 radical (unpaired) electrons. The zero-order chi connectivity index (χ0) is 20.7. The lowest BCUT2D eigenvalue weighted by Gasteiger charge is -2.25. The maximum absolute atomic E-state index is 14.0. The van der Waals surface area contributed by atoms with Gasteiger partial charge >= 0.3 is 0 Å².